The second-order valence-corrected chi connectivity index (χ2v) is 9.95. The van der Waals surface area contributed by atoms with Gasteiger partial charge in [0.2, 0.25) is 5.43 Å². The molecule has 2 aliphatic rings. The van der Waals surface area contributed by atoms with Gasteiger partial charge in [-0.3, -0.25) is 14.0 Å². The number of hydrogen-bond acceptors (Lipinski definition) is 6. The number of benzene rings is 1. The molecule has 2 N–H and O–H groups in total. The third-order valence-corrected chi connectivity index (χ3v) is 7.97. The van der Waals surface area contributed by atoms with E-state index in [4.69, 9.17) is 4.98 Å². The predicted molar refractivity (Wildman–Crippen MR) is 132 cm³/mol. The average Bonchev–Trinajstić information content (AvgIpc) is 3.03. The van der Waals surface area contributed by atoms with Gasteiger partial charge in [0.1, 0.15) is 16.0 Å². The molecule has 33 heavy (non-hydrogen) atoms. The van der Waals surface area contributed by atoms with Gasteiger partial charge in [-0.05, 0) is 56.5 Å². The molecule has 170 valence electrons. The van der Waals surface area contributed by atoms with Crippen LogP contribution in [0.1, 0.15) is 47.8 Å². The van der Waals surface area contributed by atoms with Crippen LogP contribution in [0, 0.1) is 0 Å². The maximum Gasteiger partial charge on any atom is 0.260 e. The fourth-order valence-corrected chi connectivity index (χ4v) is 6.28. The molecule has 0 spiro atoms. The molecule has 4 aromatic rings. The van der Waals surface area contributed by atoms with Gasteiger partial charge < -0.3 is 15.5 Å². The molecular weight excluding hydrogens is 434 g/mol. The zero-order chi connectivity index (χ0) is 22.4. The van der Waals surface area contributed by atoms with Crippen LogP contribution in [-0.4, -0.2) is 52.9 Å². The monoisotopic (exact) mass is 461 g/mol. The van der Waals surface area contributed by atoms with Gasteiger partial charge in [-0.1, -0.05) is 12.1 Å². The quantitative estimate of drug-likeness (QED) is 0.479. The van der Waals surface area contributed by atoms with E-state index in [1.807, 2.05) is 45.7 Å². The zero-order valence-corrected chi connectivity index (χ0v) is 19.3. The number of hydrogen-bond donors (Lipinski definition) is 2. The van der Waals surface area contributed by atoms with Gasteiger partial charge in [-0.2, -0.15) is 0 Å². The number of nitrogens with zero attached hydrogens (tertiary/aromatic N) is 3. The molecule has 0 saturated carbocycles. The van der Waals surface area contributed by atoms with Crippen molar-refractivity contribution in [3.8, 4) is 0 Å². The summed E-state index contributed by atoms with van der Waals surface area (Å²) in [6.07, 6.45) is 4.05. The summed E-state index contributed by atoms with van der Waals surface area (Å²) in [4.78, 5) is 34.9. The third-order valence-electron chi connectivity index (χ3n) is 6.83. The van der Waals surface area contributed by atoms with Crippen molar-refractivity contribution in [1.82, 2.24) is 24.9 Å². The first-order chi connectivity index (χ1) is 16.2. The van der Waals surface area contributed by atoms with Gasteiger partial charge in [-0.15, -0.1) is 11.3 Å². The zero-order valence-electron chi connectivity index (χ0n) is 18.5. The van der Waals surface area contributed by atoms with E-state index in [0.29, 0.717) is 29.0 Å². The molecule has 0 bridgehead atoms. The molecule has 1 aromatic carbocycles. The van der Waals surface area contributed by atoms with Gasteiger partial charge in [-0.25, -0.2) is 4.98 Å². The van der Waals surface area contributed by atoms with Crippen LogP contribution < -0.4 is 16.1 Å². The second-order valence-electron chi connectivity index (χ2n) is 8.92. The summed E-state index contributed by atoms with van der Waals surface area (Å²) in [7, 11) is 0. The van der Waals surface area contributed by atoms with E-state index in [9.17, 15) is 9.59 Å². The number of likely N-dealkylation sites (tertiary alicyclic amines) is 1. The van der Waals surface area contributed by atoms with E-state index in [1.165, 1.54) is 11.3 Å². The van der Waals surface area contributed by atoms with Crippen molar-refractivity contribution in [1.29, 1.82) is 0 Å². The Morgan fingerprint density at radius 2 is 1.88 bits per heavy atom. The number of pyridine rings is 2. The van der Waals surface area contributed by atoms with Gasteiger partial charge in [0.05, 0.1) is 27.3 Å². The second kappa shape index (κ2) is 8.52. The predicted octanol–water partition coefficient (Wildman–Crippen LogP) is 3.31. The highest BCUT2D eigenvalue weighted by molar-refractivity contribution is 7.24. The molecule has 0 radical (unpaired) electrons. The minimum Gasteiger partial charge on any atom is -0.338 e. The largest absolute Gasteiger partial charge is 0.338 e. The Morgan fingerprint density at radius 3 is 2.76 bits per heavy atom. The van der Waals surface area contributed by atoms with Gasteiger partial charge >= 0.3 is 0 Å². The Balaban J connectivity index is 1.62. The Labute approximate surface area is 195 Å². The lowest BCUT2D eigenvalue weighted by molar-refractivity contribution is 0.0725. The molecule has 1 unspecified atom stereocenters. The maximum atomic E-state index is 13.7. The van der Waals surface area contributed by atoms with Crippen LogP contribution in [0.3, 0.4) is 0 Å². The normalized spacial score (nSPS) is 19.9. The van der Waals surface area contributed by atoms with Crippen molar-refractivity contribution in [2.75, 3.05) is 32.7 Å². The number of amides is 1. The lowest BCUT2D eigenvalue weighted by Crippen LogP contribution is -2.38. The van der Waals surface area contributed by atoms with Crippen LogP contribution in [0.15, 0.2) is 41.2 Å². The Bertz CT molecular complexity index is 1410. The lowest BCUT2D eigenvalue weighted by Gasteiger charge is -2.26. The first kappa shape index (κ1) is 20.8. The molecule has 2 aliphatic heterocycles. The van der Waals surface area contributed by atoms with Crippen molar-refractivity contribution in [3.05, 3.63) is 57.9 Å². The first-order valence-electron chi connectivity index (χ1n) is 11.8. The van der Waals surface area contributed by atoms with Crippen molar-refractivity contribution >= 4 is 43.3 Å². The number of carbonyl (C=O) groups excluding carboxylic acids is 1. The molecular formula is C25H27N5O2S. The van der Waals surface area contributed by atoms with E-state index < -0.39 is 0 Å². The van der Waals surface area contributed by atoms with Crippen LogP contribution in [0.2, 0.25) is 0 Å². The van der Waals surface area contributed by atoms with Crippen LogP contribution in [0.4, 0.5) is 0 Å². The maximum absolute atomic E-state index is 13.7. The fraction of sp³-hybridized carbons (Fsp3) is 0.400. The molecule has 8 heteroatoms. The van der Waals surface area contributed by atoms with Crippen LogP contribution >= 0.6 is 11.3 Å². The van der Waals surface area contributed by atoms with Crippen molar-refractivity contribution < 1.29 is 4.79 Å². The van der Waals surface area contributed by atoms with Crippen molar-refractivity contribution in [2.24, 2.45) is 0 Å². The number of aromatic nitrogens is 2. The van der Waals surface area contributed by atoms with Gasteiger partial charge in [0, 0.05) is 26.2 Å². The van der Waals surface area contributed by atoms with E-state index >= 15 is 0 Å². The molecule has 6 rings (SSSR count). The Hall–Kier alpha value is -2.81. The van der Waals surface area contributed by atoms with E-state index in [-0.39, 0.29) is 22.9 Å². The molecule has 0 aliphatic carbocycles. The molecule has 3 aromatic heterocycles. The fourth-order valence-electron chi connectivity index (χ4n) is 5.10. The highest BCUT2D eigenvalue weighted by Gasteiger charge is 2.27. The first-order valence-corrected chi connectivity index (χ1v) is 12.6. The van der Waals surface area contributed by atoms with E-state index in [1.54, 1.807) is 0 Å². The topological polar surface area (TPSA) is 78.7 Å². The minimum atomic E-state index is -0.207. The Kier molecular flexibility index (Phi) is 5.36. The number of piperidine rings is 1. The Morgan fingerprint density at radius 1 is 1.03 bits per heavy atom. The molecule has 1 amide bonds. The molecule has 1 atom stereocenters. The van der Waals surface area contributed by atoms with Gasteiger partial charge in [0.25, 0.3) is 5.91 Å². The summed E-state index contributed by atoms with van der Waals surface area (Å²) in [5.41, 5.74) is 2.64. The third kappa shape index (κ3) is 3.53. The number of rotatable bonds is 2. The molecule has 5 heterocycles. The van der Waals surface area contributed by atoms with Crippen LogP contribution in [0.5, 0.6) is 0 Å². The summed E-state index contributed by atoms with van der Waals surface area (Å²) in [6, 6.07) is 12.0. The molecule has 2 saturated heterocycles. The number of para-hydroxylation sites is 1. The molecule has 2 fully saturated rings. The van der Waals surface area contributed by atoms with Crippen LogP contribution in [-0.2, 0) is 0 Å². The van der Waals surface area contributed by atoms with Gasteiger partial charge in [0.15, 0.2) is 0 Å². The summed E-state index contributed by atoms with van der Waals surface area (Å²) in [6.45, 7) is 4.17. The summed E-state index contributed by atoms with van der Waals surface area (Å²) >= 11 is 1.50. The smallest absolute Gasteiger partial charge is 0.260 e. The van der Waals surface area contributed by atoms with Crippen molar-refractivity contribution in [2.45, 2.75) is 31.7 Å². The van der Waals surface area contributed by atoms with Crippen LogP contribution in [0.25, 0.3) is 26.1 Å². The number of nitrogens with one attached hydrogen (secondary N) is 2. The minimum absolute atomic E-state index is 0.134. The highest BCUT2D eigenvalue weighted by Crippen LogP contribution is 2.32. The summed E-state index contributed by atoms with van der Waals surface area (Å²) in [5, 5.41) is 7.47. The number of carbonyl (C=O) groups is 1. The number of thiazole rings is 1. The van der Waals surface area contributed by atoms with E-state index in [2.05, 4.69) is 10.6 Å². The van der Waals surface area contributed by atoms with E-state index in [0.717, 1.165) is 61.2 Å². The number of fused-ring (bicyclic) bond motifs is 5. The SMILES string of the molecule is O=C(c1c(=O)c2ccc(C3CCNCCN3)nc2n2c1sc1ccccc12)N1CCCCC1. The standard InChI is InChI=1S/C25H27N5O2S/c31-22-16-8-9-18(17-10-11-26-12-13-27-17)28-23(16)30-19-6-2-3-7-20(19)33-25(30)21(22)24(32)29-14-4-1-5-15-29/h2-3,6-9,17,26-27H,1,4-5,10-15H2. The lowest BCUT2D eigenvalue weighted by atomic mass is 10.1. The average molecular weight is 462 g/mol. The molecule has 7 nitrogen and oxygen atoms in total. The highest BCUT2D eigenvalue weighted by atomic mass is 32.1. The summed E-state index contributed by atoms with van der Waals surface area (Å²) in [5.74, 6) is -0.147. The van der Waals surface area contributed by atoms with Crippen molar-refractivity contribution in [3.63, 3.8) is 0 Å². The summed E-state index contributed by atoms with van der Waals surface area (Å²) < 4.78 is 3.08.